The van der Waals surface area contributed by atoms with Gasteiger partial charge in [-0.1, -0.05) is 29.8 Å². The topological polar surface area (TPSA) is 0 Å². The Morgan fingerprint density at radius 3 is 2.16 bits per heavy atom. The molecule has 0 bridgehead atoms. The Balaban J connectivity index is 2.33. The van der Waals surface area contributed by atoms with E-state index in [-0.39, 0.29) is 5.41 Å². The van der Waals surface area contributed by atoms with Crippen LogP contribution < -0.4 is 0 Å². The summed E-state index contributed by atoms with van der Waals surface area (Å²) >= 11 is 17.8. The SMILES string of the molecule is Cc1ccc(C(CCl)(CCl)Cc2ccc(Br)s2)cc1. The fourth-order valence-corrected chi connectivity index (χ4v) is 4.48. The highest BCUT2D eigenvalue weighted by Crippen LogP contribution is 2.35. The molecule has 1 aromatic carbocycles. The molecule has 0 fully saturated rings. The molecule has 0 unspecified atom stereocenters. The van der Waals surface area contributed by atoms with Crippen LogP contribution in [-0.2, 0) is 11.8 Å². The fourth-order valence-electron chi connectivity index (χ4n) is 2.07. The summed E-state index contributed by atoms with van der Waals surface area (Å²) < 4.78 is 1.14. The van der Waals surface area contributed by atoms with Gasteiger partial charge in [0.2, 0.25) is 0 Å². The van der Waals surface area contributed by atoms with Gasteiger partial charge in [-0.2, -0.15) is 0 Å². The van der Waals surface area contributed by atoms with Crippen molar-refractivity contribution in [1.29, 1.82) is 0 Å². The van der Waals surface area contributed by atoms with Crippen LogP contribution in [0, 0.1) is 6.92 Å². The van der Waals surface area contributed by atoms with E-state index in [1.807, 2.05) is 0 Å². The first-order chi connectivity index (χ1) is 9.09. The molecule has 0 amide bonds. The van der Waals surface area contributed by atoms with Crippen LogP contribution in [0.15, 0.2) is 40.2 Å². The normalized spacial score (nSPS) is 11.8. The molecule has 0 saturated carbocycles. The van der Waals surface area contributed by atoms with Gasteiger partial charge in [-0.3, -0.25) is 0 Å². The van der Waals surface area contributed by atoms with Gasteiger partial charge in [-0.05, 0) is 47.0 Å². The Hall–Kier alpha value is -0.0200. The van der Waals surface area contributed by atoms with Gasteiger partial charge < -0.3 is 0 Å². The molecule has 19 heavy (non-hydrogen) atoms. The van der Waals surface area contributed by atoms with E-state index in [0.717, 1.165) is 10.2 Å². The molecular weight excluding hydrogens is 363 g/mol. The van der Waals surface area contributed by atoms with Crippen molar-refractivity contribution in [3.05, 3.63) is 56.2 Å². The Bertz CT molecular complexity index is 529. The van der Waals surface area contributed by atoms with Crippen LogP contribution in [0.2, 0.25) is 0 Å². The maximum absolute atomic E-state index is 6.26. The molecule has 2 rings (SSSR count). The van der Waals surface area contributed by atoms with Crippen LogP contribution in [0.25, 0.3) is 0 Å². The molecule has 1 aromatic heterocycles. The summed E-state index contributed by atoms with van der Waals surface area (Å²) in [6.45, 7) is 2.09. The maximum atomic E-state index is 6.26. The van der Waals surface area contributed by atoms with E-state index in [4.69, 9.17) is 23.2 Å². The molecule has 4 heteroatoms. The number of hydrogen-bond acceptors (Lipinski definition) is 1. The van der Waals surface area contributed by atoms with E-state index in [2.05, 4.69) is 59.3 Å². The second-order valence-electron chi connectivity index (χ2n) is 4.80. The summed E-state index contributed by atoms with van der Waals surface area (Å²) in [5.74, 6) is 1.05. The smallest absolute Gasteiger partial charge is 0.0701 e. The lowest BCUT2D eigenvalue weighted by molar-refractivity contribution is 0.541. The molecule has 0 radical (unpaired) electrons. The summed E-state index contributed by atoms with van der Waals surface area (Å²) in [5, 5.41) is 0. The summed E-state index contributed by atoms with van der Waals surface area (Å²) in [6, 6.07) is 12.7. The lowest BCUT2D eigenvalue weighted by atomic mass is 9.80. The van der Waals surface area contributed by atoms with E-state index in [0.29, 0.717) is 11.8 Å². The monoisotopic (exact) mass is 376 g/mol. The van der Waals surface area contributed by atoms with Crippen LogP contribution in [0.1, 0.15) is 16.0 Å². The molecule has 2 aromatic rings. The van der Waals surface area contributed by atoms with E-state index < -0.39 is 0 Å². The van der Waals surface area contributed by atoms with Gasteiger partial charge in [0.05, 0.1) is 3.79 Å². The van der Waals surface area contributed by atoms with E-state index >= 15 is 0 Å². The summed E-state index contributed by atoms with van der Waals surface area (Å²) in [5.41, 5.74) is 2.27. The largest absolute Gasteiger partial charge is 0.133 e. The van der Waals surface area contributed by atoms with Crippen molar-refractivity contribution in [3.8, 4) is 0 Å². The van der Waals surface area contributed by atoms with Crippen LogP contribution in [0.4, 0.5) is 0 Å². The average molecular weight is 378 g/mol. The number of thiophene rings is 1. The number of aryl methyl sites for hydroxylation is 1. The average Bonchev–Trinajstić information content (AvgIpc) is 2.82. The van der Waals surface area contributed by atoms with Crippen molar-refractivity contribution < 1.29 is 0 Å². The zero-order valence-electron chi connectivity index (χ0n) is 10.6. The maximum Gasteiger partial charge on any atom is 0.0701 e. The lowest BCUT2D eigenvalue weighted by Gasteiger charge is -2.30. The second-order valence-corrected chi connectivity index (χ2v) is 7.88. The third-order valence-corrected chi connectivity index (χ3v) is 5.96. The highest BCUT2D eigenvalue weighted by molar-refractivity contribution is 9.11. The fraction of sp³-hybridized carbons (Fsp3) is 0.333. The molecule has 0 spiro atoms. The molecule has 0 aliphatic heterocycles. The van der Waals surface area contributed by atoms with Crippen molar-refractivity contribution in [2.45, 2.75) is 18.8 Å². The van der Waals surface area contributed by atoms with Crippen molar-refractivity contribution in [3.63, 3.8) is 0 Å². The van der Waals surface area contributed by atoms with Crippen molar-refractivity contribution >= 4 is 50.5 Å². The first kappa shape index (κ1) is 15.4. The molecule has 0 aliphatic rings. The summed E-state index contributed by atoms with van der Waals surface area (Å²) in [4.78, 5) is 1.30. The van der Waals surface area contributed by atoms with Crippen molar-refractivity contribution in [2.24, 2.45) is 0 Å². The van der Waals surface area contributed by atoms with Crippen LogP contribution in [0.3, 0.4) is 0 Å². The number of alkyl halides is 2. The molecule has 1 heterocycles. The van der Waals surface area contributed by atoms with E-state index in [9.17, 15) is 0 Å². The predicted octanol–water partition coefficient (Wildman–Crippen LogP) is 5.78. The first-order valence-corrected chi connectivity index (χ1v) is 8.71. The molecule has 0 saturated heterocycles. The minimum atomic E-state index is -0.193. The number of benzene rings is 1. The molecule has 0 N–H and O–H groups in total. The zero-order chi connectivity index (χ0) is 13.9. The first-order valence-electron chi connectivity index (χ1n) is 6.03. The molecule has 102 valence electrons. The Morgan fingerprint density at radius 1 is 1.05 bits per heavy atom. The van der Waals surface area contributed by atoms with Gasteiger partial charge in [0.15, 0.2) is 0 Å². The van der Waals surface area contributed by atoms with Gasteiger partial charge in [0.1, 0.15) is 0 Å². The zero-order valence-corrected chi connectivity index (χ0v) is 14.5. The molecule has 0 nitrogen and oxygen atoms in total. The number of hydrogen-bond donors (Lipinski definition) is 0. The Morgan fingerprint density at radius 2 is 1.68 bits per heavy atom. The van der Waals surface area contributed by atoms with Crippen molar-refractivity contribution in [1.82, 2.24) is 0 Å². The molecule has 0 aliphatic carbocycles. The third-order valence-electron chi connectivity index (χ3n) is 3.32. The van der Waals surface area contributed by atoms with Gasteiger partial charge in [0.25, 0.3) is 0 Å². The summed E-state index contributed by atoms with van der Waals surface area (Å²) in [6.07, 6.45) is 0.874. The quantitative estimate of drug-likeness (QED) is 0.579. The van der Waals surface area contributed by atoms with E-state index in [1.54, 1.807) is 11.3 Å². The van der Waals surface area contributed by atoms with Gasteiger partial charge >= 0.3 is 0 Å². The van der Waals surface area contributed by atoms with Crippen LogP contribution in [0.5, 0.6) is 0 Å². The van der Waals surface area contributed by atoms with Gasteiger partial charge in [-0.25, -0.2) is 0 Å². The lowest BCUT2D eigenvalue weighted by Crippen LogP contribution is -2.33. The Kier molecular flexibility index (Phi) is 5.36. The van der Waals surface area contributed by atoms with E-state index in [1.165, 1.54) is 16.0 Å². The number of rotatable bonds is 5. The van der Waals surface area contributed by atoms with Gasteiger partial charge in [-0.15, -0.1) is 34.5 Å². The standard InChI is InChI=1S/C15H15BrCl2S/c1-11-2-4-12(5-3-11)15(9-17,10-18)8-13-6-7-14(16)19-13/h2-7H,8-10H2,1H3. The summed E-state index contributed by atoms with van der Waals surface area (Å²) in [7, 11) is 0. The third kappa shape index (κ3) is 3.55. The highest BCUT2D eigenvalue weighted by atomic mass is 79.9. The minimum absolute atomic E-state index is 0.193. The van der Waals surface area contributed by atoms with Crippen molar-refractivity contribution in [2.75, 3.05) is 11.8 Å². The van der Waals surface area contributed by atoms with Gasteiger partial charge in [0, 0.05) is 22.1 Å². The molecule has 0 atom stereocenters. The predicted molar refractivity (Wildman–Crippen MR) is 90.0 cm³/mol. The molecular formula is C15H15BrCl2S. The highest BCUT2D eigenvalue weighted by Gasteiger charge is 2.31. The minimum Gasteiger partial charge on any atom is -0.133 e. The number of halogens is 3. The van der Waals surface area contributed by atoms with Crippen LogP contribution >= 0.6 is 50.5 Å². The van der Waals surface area contributed by atoms with Crippen LogP contribution in [-0.4, -0.2) is 11.8 Å². The Labute approximate surface area is 136 Å². The second kappa shape index (κ2) is 6.62.